The van der Waals surface area contributed by atoms with E-state index in [9.17, 15) is 22.8 Å². The van der Waals surface area contributed by atoms with Crippen LogP contribution < -0.4 is 10.3 Å². The highest BCUT2D eigenvalue weighted by Gasteiger charge is 2.40. The van der Waals surface area contributed by atoms with E-state index in [0.29, 0.717) is 15.8 Å². The summed E-state index contributed by atoms with van der Waals surface area (Å²) in [6.45, 7) is 1.68. The Hall–Kier alpha value is -4.61. The molecule has 2 aromatic carbocycles. The maximum atomic E-state index is 14.1. The van der Waals surface area contributed by atoms with E-state index in [-0.39, 0.29) is 46.1 Å². The minimum atomic E-state index is -4.87. The molecule has 5 aromatic rings. The molecule has 5 rings (SSSR count). The fraction of sp³-hybridized carbons (Fsp3) is 0.200. The summed E-state index contributed by atoms with van der Waals surface area (Å²) in [5.41, 5.74) is -2.32. The van der Waals surface area contributed by atoms with Crippen LogP contribution in [0.4, 0.5) is 13.2 Å². The molecule has 3 heterocycles. The monoisotopic (exact) mass is 512 g/mol. The number of alkyl halides is 3. The number of hydrogen-bond donors (Lipinski definition) is 1. The zero-order valence-electron chi connectivity index (χ0n) is 19.5. The van der Waals surface area contributed by atoms with E-state index < -0.39 is 29.8 Å². The Bertz CT molecular complexity index is 1690. The number of aromatic amines is 1. The van der Waals surface area contributed by atoms with Crippen LogP contribution in [0.1, 0.15) is 18.3 Å². The average Bonchev–Trinajstić information content (AvgIpc) is 3.46. The third-order valence-corrected chi connectivity index (χ3v) is 5.64. The zero-order valence-corrected chi connectivity index (χ0v) is 19.5. The Kier molecular flexibility index (Phi) is 5.94. The summed E-state index contributed by atoms with van der Waals surface area (Å²) >= 11 is 0. The lowest BCUT2D eigenvalue weighted by atomic mass is 10.1. The van der Waals surface area contributed by atoms with Crippen LogP contribution in [0.5, 0.6) is 5.75 Å². The molecule has 0 unspecified atom stereocenters. The minimum absolute atomic E-state index is 0.0349. The maximum absolute atomic E-state index is 14.1. The van der Waals surface area contributed by atoms with Crippen molar-refractivity contribution in [1.82, 2.24) is 19.6 Å². The number of hydrogen-bond acceptors (Lipinski definition) is 7. The molecule has 0 fully saturated rings. The first-order valence-electron chi connectivity index (χ1n) is 11.1. The van der Waals surface area contributed by atoms with Crippen LogP contribution in [0.2, 0.25) is 0 Å². The van der Waals surface area contributed by atoms with Crippen LogP contribution in [0.25, 0.3) is 39.3 Å². The fourth-order valence-electron chi connectivity index (χ4n) is 4.10. The average molecular weight is 512 g/mol. The van der Waals surface area contributed by atoms with E-state index in [4.69, 9.17) is 13.9 Å². The number of nitrogens with zero attached hydrogens (tertiary/aromatic N) is 3. The van der Waals surface area contributed by atoms with Crippen LogP contribution in [-0.4, -0.2) is 39.3 Å². The molecule has 0 saturated carbocycles. The molecule has 0 saturated heterocycles. The normalized spacial score (nSPS) is 11.8. The number of halogens is 3. The van der Waals surface area contributed by atoms with Crippen molar-refractivity contribution in [3.05, 3.63) is 70.3 Å². The van der Waals surface area contributed by atoms with Gasteiger partial charge in [-0.2, -0.15) is 22.8 Å². The number of carbonyl (C=O) groups is 1. The van der Waals surface area contributed by atoms with Gasteiger partial charge in [-0.25, -0.2) is 4.98 Å². The number of nitrogens with one attached hydrogen (secondary N) is 1. The Morgan fingerprint density at radius 3 is 2.54 bits per heavy atom. The van der Waals surface area contributed by atoms with Crippen LogP contribution in [0.15, 0.2) is 57.7 Å². The first kappa shape index (κ1) is 24.1. The second kappa shape index (κ2) is 9.12. The van der Waals surface area contributed by atoms with E-state index >= 15 is 0 Å². The van der Waals surface area contributed by atoms with Gasteiger partial charge in [0.25, 0.3) is 5.56 Å². The number of esters is 1. The van der Waals surface area contributed by atoms with Crippen LogP contribution in [0.3, 0.4) is 0 Å². The Balaban J connectivity index is 1.85. The Morgan fingerprint density at radius 1 is 1.11 bits per heavy atom. The first-order valence-corrected chi connectivity index (χ1v) is 11.1. The number of benzene rings is 2. The SMILES string of the molecule is CCOC(=O)Cc1[nH]c2c(-c3ccccc3)c(C(F)(F)F)nn2c(=O)c1-c1nc2c(OC)cccc2o1. The number of aromatic nitrogens is 4. The summed E-state index contributed by atoms with van der Waals surface area (Å²) in [6, 6.07) is 12.6. The molecule has 37 heavy (non-hydrogen) atoms. The number of oxazole rings is 1. The van der Waals surface area contributed by atoms with Crippen molar-refractivity contribution in [1.29, 1.82) is 0 Å². The second-order valence-corrected chi connectivity index (χ2v) is 7.94. The summed E-state index contributed by atoms with van der Waals surface area (Å²) < 4.78 is 58.8. The predicted octanol–water partition coefficient (Wildman–Crippen LogP) is 4.63. The Morgan fingerprint density at radius 2 is 1.86 bits per heavy atom. The molecule has 0 aliphatic carbocycles. The molecule has 0 bridgehead atoms. The van der Waals surface area contributed by atoms with Gasteiger partial charge in [0.05, 0.1) is 25.7 Å². The summed E-state index contributed by atoms with van der Waals surface area (Å²) in [4.78, 5) is 33.3. The van der Waals surface area contributed by atoms with Gasteiger partial charge >= 0.3 is 12.1 Å². The molecule has 0 atom stereocenters. The third-order valence-electron chi connectivity index (χ3n) is 5.64. The van der Waals surface area contributed by atoms with E-state index in [2.05, 4.69) is 15.1 Å². The van der Waals surface area contributed by atoms with Crippen molar-refractivity contribution >= 4 is 22.7 Å². The molecular weight excluding hydrogens is 493 g/mol. The number of methoxy groups -OCH3 is 1. The summed E-state index contributed by atoms with van der Waals surface area (Å²) in [5.74, 6) is -0.553. The predicted molar refractivity (Wildman–Crippen MR) is 126 cm³/mol. The number of ether oxygens (including phenoxy) is 2. The van der Waals surface area contributed by atoms with Crippen molar-refractivity contribution in [2.75, 3.05) is 13.7 Å². The molecular formula is C25H19F3N4O5. The van der Waals surface area contributed by atoms with Gasteiger partial charge in [-0.1, -0.05) is 36.4 Å². The largest absolute Gasteiger partial charge is 0.494 e. The van der Waals surface area contributed by atoms with Crippen LogP contribution >= 0.6 is 0 Å². The van der Waals surface area contributed by atoms with Gasteiger partial charge in [0.2, 0.25) is 5.89 Å². The standard InChI is InChI=1S/C25H19F3N4O5/c1-3-36-17(33)12-14-19(23-30-20-15(35-2)10-7-11-16(20)37-23)24(34)32-22(29-14)18(13-8-5-4-6-9-13)21(31-32)25(26,27)28/h4-11,29H,3,12H2,1-2H3. The maximum Gasteiger partial charge on any atom is 0.435 e. The van der Waals surface area contributed by atoms with Gasteiger partial charge in [-0.05, 0) is 24.6 Å². The molecule has 0 aliphatic heterocycles. The summed E-state index contributed by atoms with van der Waals surface area (Å²) in [5, 5.41) is 3.63. The van der Waals surface area contributed by atoms with E-state index in [0.717, 1.165) is 0 Å². The highest BCUT2D eigenvalue weighted by atomic mass is 19.4. The molecule has 9 nitrogen and oxygen atoms in total. The highest BCUT2D eigenvalue weighted by molar-refractivity contribution is 5.85. The molecule has 3 aromatic heterocycles. The van der Waals surface area contributed by atoms with Gasteiger partial charge in [0.1, 0.15) is 17.0 Å². The van der Waals surface area contributed by atoms with Gasteiger partial charge < -0.3 is 18.9 Å². The molecule has 1 N–H and O–H groups in total. The molecule has 0 amide bonds. The van der Waals surface area contributed by atoms with E-state index in [1.165, 1.54) is 19.2 Å². The number of carbonyl (C=O) groups excluding carboxylic acids is 1. The molecule has 0 radical (unpaired) electrons. The topological polar surface area (TPSA) is 112 Å². The van der Waals surface area contributed by atoms with Crippen molar-refractivity contribution in [2.45, 2.75) is 19.5 Å². The van der Waals surface area contributed by atoms with Crippen molar-refractivity contribution in [3.63, 3.8) is 0 Å². The van der Waals surface area contributed by atoms with E-state index in [1.807, 2.05) is 0 Å². The highest BCUT2D eigenvalue weighted by Crippen LogP contribution is 2.39. The zero-order chi connectivity index (χ0) is 26.3. The van der Waals surface area contributed by atoms with Crippen molar-refractivity contribution in [3.8, 4) is 28.3 Å². The number of rotatable bonds is 6. The quantitative estimate of drug-likeness (QED) is 0.330. The molecule has 12 heteroatoms. The number of H-pyrrole nitrogens is 1. The van der Waals surface area contributed by atoms with Crippen LogP contribution in [-0.2, 0) is 22.1 Å². The van der Waals surface area contributed by atoms with Gasteiger partial charge in [0, 0.05) is 5.69 Å². The lowest BCUT2D eigenvalue weighted by Crippen LogP contribution is -2.22. The van der Waals surface area contributed by atoms with E-state index in [1.54, 1.807) is 43.3 Å². The molecule has 0 aliphatic rings. The second-order valence-electron chi connectivity index (χ2n) is 7.94. The third kappa shape index (κ3) is 4.20. The van der Waals surface area contributed by atoms with Gasteiger partial charge in [-0.3, -0.25) is 9.59 Å². The smallest absolute Gasteiger partial charge is 0.435 e. The fourth-order valence-corrected chi connectivity index (χ4v) is 4.10. The van der Waals surface area contributed by atoms with Crippen molar-refractivity contribution in [2.24, 2.45) is 0 Å². The summed E-state index contributed by atoms with van der Waals surface area (Å²) in [6.07, 6.45) is -5.32. The van der Waals surface area contributed by atoms with Crippen molar-refractivity contribution < 1.29 is 31.9 Å². The number of fused-ring (bicyclic) bond motifs is 2. The molecule has 190 valence electrons. The van der Waals surface area contributed by atoms with Crippen LogP contribution in [0, 0.1) is 0 Å². The minimum Gasteiger partial charge on any atom is -0.494 e. The lowest BCUT2D eigenvalue weighted by Gasteiger charge is -2.09. The number of para-hydroxylation sites is 1. The first-order chi connectivity index (χ1) is 17.7. The lowest BCUT2D eigenvalue weighted by molar-refractivity contribution is -0.142. The van der Waals surface area contributed by atoms with Gasteiger partial charge in [-0.15, -0.1) is 0 Å². The molecule has 0 spiro atoms. The summed E-state index contributed by atoms with van der Waals surface area (Å²) in [7, 11) is 1.43. The van der Waals surface area contributed by atoms with Gasteiger partial charge in [0.15, 0.2) is 16.8 Å². The Labute approximate surface area is 206 Å².